The molecule has 140 valence electrons. The lowest BCUT2D eigenvalue weighted by molar-refractivity contribution is 0.103. The topological polar surface area (TPSA) is 57.4 Å². The third-order valence-corrected chi connectivity index (χ3v) is 5.55. The van der Waals surface area contributed by atoms with Gasteiger partial charge in [-0.25, -0.2) is 0 Å². The molecule has 27 heavy (non-hydrogen) atoms. The number of nitrogens with zero attached hydrogens (tertiary/aromatic N) is 1. The van der Waals surface area contributed by atoms with Crippen molar-refractivity contribution in [1.29, 1.82) is 0 Å². The van der Waals surface area contributed by atoms with Crippen LogP contribution in [0, 0.1) is 0 Å². The van der Waals surface area contributed by atoms with Crippen LogP contribution in [0.15, 0.2) is 54.6 Å². The van der Waals surface area contributed by atoms with Gasteiger partial charge in [0.25, 0.3) is 0 Å². The van der Waals surface area contributed by atoms with Gasteiger partial charge < -0.3 is 20.1 Å². The molecular weight excluding hydrogens is 336 g/mol. The molecule has 0 amide bonds. The van der Waals surface area contributed by atoms with Gasteiger partial charge in [0.05, 0.1) is 24.3 Å². The van der Waals surface area contributed by atoms with E-state index in [4.69, 9.17) is 0 Å². The van der Waals surface area contributed by atoms with Gasteiger partial charge in [0.15, 0.2) is 0 Å². The summed E-state index contributed by atoms with van der Waals surface area (Å²) >= 11 is 0. The van der Waals surface area contributed by atoms with E-state index in [-0.39, 0.29) is 13.2 Å². The van der Waals surface area contributed by atoms with E-state index >= 15 is 0 Å². The van der Waals surface area contributed by atoms with Crippen molar-refractivity contribution in [3.05, 3.63) is 60.2 Å². The Morgan fingerprint density at radius 2 is 1.70 bits per heavy atom. The zero-order valence-electron chi connectivity index (χ0n) is 15.9. The van der Waals surface area contributed by atoms with Crippen LogP contribution in [0.4, 0.5) is 0 Å². The van der Waals surface area contributed by atoms with Crippen molar-refractivity contribution in [3.8, 4) is 0 Å². The monoisotopic (exact) mass is 362 g/mol. The zero-order chi connectivity index (χ0) is 19.0. The summed E-state index contributed by atoms with van der Waals surface area (Å²) in [5.74, 6) is 0. The Kier molecular flexibility index (Phi) is 4.64. The van der Waals surface area contributed by atoms with Crippen LogP contribution in [-0.2, 0) is 13.1 Å². The molecule has 4 rings (SSSR count). The molecule has 4 heteroatoms. The molecule has 0 bridgehead atoms. The first-order valence-corrected chi connectivity index (χ1v) is 9.49. The summed E-state index contributed by atoms with van der Waals surface area (Å²) in [6, 6.07) is 19.5. The Hall–Kier alpha value is -2.40. The highest BCUT2D eigenvalue weighted by Gasteiger charge is 2.21. The standard InChI is InChI=1S/C23H26N2O2/c1-3-25-21-11-8-16(13-24-23(2,14-26)15-27)12-20(21)19-10-9-17-6-4-5-7-18(17)22(19)25/h4-12,24,26-27H,3,13-15H2,1-2H3. The summed E-state index contributed by atoms with van der Waals surface area (Å²) in [7, 11) is 0. The first kappa shape index (κ1) is 18.0. The van der Waals surface area contributed by atoms with Crippen LogP contribution in [0.5, 0.6) is 0 Å². The second-order valence-electron chi connectivity index (χ2n) is 7.51. The molecule has 1 aromatic heterocycles. The Bertz CT molecular complexity index is 1110. The van der Waals surface area contributed by atoms with Crippen molar-refractivity contribution in [3.63, 3.8) is 0 Å². The molecule has 0 aliphatic carbocycles. The normalized spacial score (nSPS) is 12.4. The Balaban J connectivity index is 1.86. The average Bonchev–Trinajstić information content (AvgIpc) is 3.05. The van der Waals surface area contributed by atoms with Crippen molar-refractivity contribution >= 4 is 32.6 Å². The predicted octanol–water partition coefficient (Wildman–Crippen LogP) is 3.80. The SMILES string of the molecule is CCn1c2ccc(CNC(C)(CO)CO)cc2c2ccc3ccccc3c21. The van der Waals surface area contributed by atoms with Gasteiger partial charge in [-0.05, 0) is 36.9 Å². The maximum Gasteiger partial charge on any atom is 0.0633 e. The minimum Gasteiger partial charge on any atom is -0.394 e. The minimum absolute atomic E-state index is 0.104. The van der Waals surface area contributed by atoms with Gasteiger partial charge in [-0.15, -0.1) is 0 Å². The third-order valence-electron chi connectivity index (χ3n) is 5.55. The van der Waals surface area contributed by atoms with Gasteiger partial charge in [-0.1, -0.05) is 42.5 Å². The second-order valence-corrected chi connectivity index (χ2v) is 7.51. The van der Waals surface area contributed by atoms with E-state index in [9.17, 15) is 10.2 Å². The first-order chi connectivity index (χ1) is 13.1. The van der Waals surface area contributed by atoms with E-state index in [2.05, 4.69) is 71.4 Å². The van der Waals surface area contributed by atoms with Crippen LogP contribution in [0.1, 0.15) is 19.4 Å². The largest absolute Gasteiger partial charge is 0.394 e. The molecule has 4 nitrogen and oxygen atoms in total. The lowest BCUT2D eigenvalue weighted by Gasteiger charge is -2.26. The fourth-order valence-corrected chi connectivity index (χ4v) is 3.83. The summed E-state index contributed by atoms with van der Waals surface area (Å²) in [6.45, 7) is 5.31. The molecule has 3 N–H and O–H groups in total. The molecule has 0 saturated heterocycles. The first-order valence-electron chi connectivity index (χ1n) is 9.49. The molecular formula is C23H26N2O2. The molecule has 0 radical (unpaired) electrons. The zero-order valence-corrected chi connectivity index (χ0v) is 15.9. The number of hydrogen-bond acceptors (Lipinski definition) is 3. The van der Waals surface area contributed by atoms with Crippen molar-refractivity contribution in [2.45, 2.75) is 32.5 Å². The van der Waals surface area contributed by atoms with E-state index in [0.717, 1.165) is 12.1 Å². The van der Waals surface area contributed by atoms with Crippen LogP contribution in [-0.4, -0.2) is 33.5 Å². The smallest absolute Gasteiger partial charge is 0.0633 e. The quantitative estimate of drug-likeness (QED) is 0.489. The molecule has 0 aliphatic rings. The fraction of sp³-hybridized carbons (Fsp3) is 0.304. The van der Waals surface area contributed by atoms with E-state index < -0.39 is 5.54 Å². The van der Waals surface area contributed by atoms with Crippen LogP contribution in [0.25, 0.3) is 32.6 Å². The summed E-state index contributed by atoms with van der Waals surface area (Å²) < 4.78 is 2.38. The van der Waals surface area contributed by atoms with Crippen molar-refractivity contribution in [2.24, 2.45) is 0 Å². The number of hydrogen-bond donors (Lipinski definition) is 3. The van der Waals surface area contributed by atoms with Crippen LogP contribution >= 0.6 is 0 Å². The molecule has 0 unspecified atom stereocenters. The van der Waals surface area contributed by atoms with Crippen LogP contribution in [0.3, 0.4) is 0 Å². The summed E-state index contributed by atoms with van der Waals surface area (Å²) in [5, 5.41) is 27.3. The number of fused-ring (bicyclic) bond motifs is 5. The highest BCUT2D eigenvalue weighted by molar-refractivity contribution is 6.17. The lowest BCUT2D eigenvalue weighted by atomic mass is 10.0. The third kappa shape index (κ3) is 3.00. The number of aliphatic hydroxyl groups is 2. The number of aryl methyl sites for hydroxylation is 1. The number of aromatic nitrogens is 1. The van der Waals surface area contributed by atoms with Gasteiger partial charge >= 0.3 is 0 Å². The molecule has 1 heterocycles. The Morgan fingerprint density at radius 1 is 0.926 bits per heavy atom. The number of nitrogens with one attached hydrogen (secondary N) is 1. The minimum atomic E-state index is -0.678. The van der Waals surface area contributed by atoms with E-state index in [1.165, 1.54) is 32.6 Å². The number of aliphatic hydroxyl groups excluding tert-OH is 2. The number of benzene rings is 3. The molecule has 0 spiro atoms. The molecule has 0 atom stereocenters. The fourth-order valence-electron chi connectivity index (χ4n) is 3.83. The van der Waals surface area contributed by atoms with Gasteiger partial charge in [-0.3, -0.25) is 0 Å². The van der Waals surface area contributed by atoms with Gasteiger partial charge in [-0.2, -0.15) is 0 Å². The second kappa shape index (κ2) is 6.97. The van der Waals surface area contributed by atoms with Gasteiger partial charge in [0.2, 0.25) is 0 Å². The molecule has 4 aromatic rings. The highest BCUT2D eigenvalue weighted by atomic mass is 16.3. The molecule has 0 aliphatic heterocycles. The average molecular weight is 362 g/mol. The molecule has 0 saturated carbocycles. The lowest BCUT2D eigenvalue weighted by Crippen LogP contribution is -2.48. The molecule has 3 aromatic carbocycles. The van der Waals surface area contributed by atoms with Gasteiger partial charge in [0, 0.05) is 34.8 Å². The maximum absolute atomic E-state index is 9.49. The Labute approximate surface area is 159 Å². The van der Waals surface area contributed by atoms with Gasteiger partial charge in [0.1, 0.15) is 0 Å². The predicted molar refractivity (Wildman–Crippen MR) is 112 cm³/mol. The van der Waals surface area contributed by atoms with Crippen LogP contribution < -0.4 is 5.32 Å². The summed E-state index contributed by atoms with van der Waals surface area (Å²) in [5.41, 5.74) is 2.98. The van der Waals surface area contributed by atoms with E-state index in [1.54, 1.807) is 0 Å². The summed E-state index contributed by atoms with van der Waals surface area (Å²) in [4.78, 5) is 0. The van der Waals surface area contributed by atoms with Crippen molar-refractivity contribution < 1.29 is 10.2 Å². The highest BCUT2D eigenvalue weighted by Crippen LogP contribution is 2.34. The summed E-state index contributed by atoms with van der Waals surface area (Å²) in [6.07, 6.45) is 0. The van der Waals surface area contributed by atoms with Crippen molar-refractivity contribution in [2.75, 3.05) is 13.2 Å². The maximum atomic E-state index is 9.49. The Morgan fingerprint density at radius 3 is 2.44 bits per heavy atom. The van der Waals surface area contributed by atoms with Crippen molar-refractivity contribution in [1.82, 2.24) is 9.88 Å². The number of rotatable bonds is 6. The van der Waals surface area contributed by atoms with Crippen LogP contribution in [0.2, 0.25) is 0 Å². The van der Waals surface area contributed by atoms with E-state index in [0.29, 0.717) is 6.54 Å². The molecule has 0 fully saturated rings. The van der Waals surface area contributed by atoms with E-state index in [1.807, 2.05) is 6.92 Å².